The molecule has 0 saturated carbocycles. The van der Waals surface area contributed by atoms with Gasteiger partial charge in [-0.3, -0.25) is 19.3 Å². The van der Waals surface area contributed by atoms with Crippen molar-refractivity contribution in [2.45, 2.75) is 57.3 Å². The Morgan fingerprint density at radius 3 is 2.56 bits per heavy atom. The van der Waals surface area contributed by atoms with Gasteiger partial charge in [0.05, 0.1) is 6.04 Å². The fourth-order valence-corrected chi connectivity index (χ4v) is 5.75. The number of nitrogens with one attached hydrogen (secondary N) is 3. The van der Waals surface area contributed by atoms with Gasteiger partial charge < -0.3 is 25.3 Å². The molecular weight excluding hydrogens is 518 g/mol. The minimum absolute atomic E-state index is 0.143. The average Bonchev–Trinajstić information content (AvgIpc) is 3.55. The third-order valence-corrected chi connectivity index (χ3v) is 7.90. The average molecular weight is 558 g/mol. The number of ether oxygens (including phenoxy) is 1. The minimum Gasteiger partial charge on any atom is -0.488 e. The van der Waals surface area contributed by atoms with Crippen LogP contribution in [0.15, 0.2) is 60.9 Å². The van der Waals surface area contributed by atoms with Crippen LogP contribution >= 0.6 is 0 Å². The van der Waals surface area contributed by atoms with Gasteiger partial charge in [-0.05, 0) is 68.3 Å². The summed E-state index contributed by atoms with van der Waals surface area (Å²) in [6, 6.07) is 13.4. The zero-order chi connectivity index (χ0) is 29.1. The second kappa shape index (κ2) is 12.2. The van der Waals surface area contributed by atoms with E-state index in [0.29, 0.717) is 31.6 Å². The first-order valence-corrected chi connectivity index (χ1v) is 14.3. The van der Waals surface area contributed by atoms with Crippen LogP contribution in [0.25, 0.3) is 17.0 Å². The van der Waals surface area contributed by atoms with E-state index in [-0.39, 0.29) is 23.6 Å². The molecule has 9 heteroatoms. The highest BCUT2D eigenvalue weighted by molar-refractivity contribution is 5.94. The van der Waals surface area contributed by atoms with Crippen molar-refractivity contribution in [3.63, 3.8) is 0 Å². The number of aromatic amines is 1. The number of hydrogen-bond donors (Lipinski definition) is 3. The summed E-state index contributed by atoms with van der Waals surface area (Å²) < 4.78 is 6.34. The number of fused-ring (bicyclic) bond motifs is 8. The number of H-pyrrole nitrogens is 1. The van der Waals surface area contributed by atoms with E-state index in [1.165, 1.54) is 0 Å². The quantitative estimate of drug-likeness (QED) is 0.431. The molecule has 4 heterocycles. The Bertz CT molecular complexity index is 1430. The predicted molar refractivity (Wildman–Crippen MR) is 159 cm³/mol. The third kappa shape index (κ3) is 6.30. The lowest BCUT2D eigenvalue weighted by Crippen LogP contribution is -2.58. The lowest BCUT2D eigenvalue weighted by Gasteiger charge is -2.33. The summed E-state index contributed by atoms with van der Waals surface area (Å²) >= 11 is 0. The number of para-hydroxylation sites is 1. The molecule has 1 aromatic heterocycles. The van der Waals surface area contributed by atoms with E-state index in [2.05, 4.69) is 15.6 Å². The van der Waals surface area contributed by atoms with E-state index in [9.17, 15) is 14.4 Å². The first-order valence-electron chi connectivity index (χ1n) is 14.3. The van der Waals surface area contributed by atoms with Crippen LogP contribution in [0.1, 0.15) is 37.8 Å². The van der Waals surface area contributed by atoms with Crippen molar-refractivity contribution < 1.29 is 19.1 Å². The molecular formula is C32H39N5O4. The Morgan fingerprint density at radius 2 is 1.83 bits per heavy atom. The first-order chi connectivity index (χ1) is 19.7. The molecule has 41 heavy (non-hydrogen) atoms. The Labute approximate surface area is 240 Å². The Hall–Kier alpha value is -4.11. The number of carbonyl (C=O) groups is 3. The number of likely N-dealkylation sites (tertiary alicyclic amines) is 1. The van der Waals surface area contributed by atoms with Gasteiger partial charge in [0.2, 0.25) is 17.7 Å². The summed E-state index contributed by atoms with van der Waals surface area (Å²) in [6.07, 6.45) is 6.23. The fourth-order valence-electron chi connectivity index (χ4n) is 5.75. The monoisotopic (exact) mass is 557 g/mol. The van der Waals surface area contributed by atoms with Crippen molar-refractivity contribution in [3.05, 3.63) is 72.1 Å². The van der Waals surface area contributed by atoms with Crippen molar-refractivity contribution >= 4 is 34.7 Å². The summed E-state index contributed by atoms with van der Waals surface area (Å²) in [5, 5.41) is 6.84. The van der Waals surface area contributed by atoms with Crippen molar-refractivity contribution in [3.8, 4) is 5.75 Å². The van der Waals surface area contributed by atoms with Crippen LogP contribution in [0.4, 0.5) is 0 Å². The maximum Gasteiger partial charge on any atom is 0.247 e. The van der Waals surface area contributed by atoms with Crippen LogP contribution in [-0.2, 0) is 20.8 Å². The van der Waals surface area contributed by atoms with Crippen molar-refractivity contribution in [1.82, 2.24) is 25.4 Å². The highest BCUT2D eigenvalue weighted by Crippen LogP contribution is 2.28. The molecule has 1 fully saturated rings. The zero-order valence-corrected chi connectivity index (χ0v) is 24.1. The van der Waals surface area contributed by atoms with Crippen LogP contribution in [0.3, 0.4) is 0 Å². The van der Waals surface area contributed by atoms with Gasteiger partial charge in [-0.25, -0.2) is 0 Å². The molecule has 0 spiro atoms. The maximum atomic E-state index is 14.2. The van der Waals surface area contributed by atoms with Gasteiger partial charge in [0.1, 0.15) is 23.9 Å². The van der Waals surface area contributed by atoms with Gasteiger partial charge in [0.25, 0.3) is 0 Å². The normalized spacial score (nSPS) is 22.7. The summed E-state index contributed by atoms with van der Waals surface area (Å²) in [4.78, 5) is 48.1. The predicted octanol–water partition coefficient (Wildman–Crippen LogP) is 3.32. The third-order valence-electron chi connectivity index (χ3n) is 7.90. The summed E-state index contributed by atoms with van der Waals surface area (Å²) in [5.41, 5.74) is 2.96. The molecule has 0 aliphatic carbocycles. The van der Waals surface area contributed by atoms with Gasteiger partial charge >= 0.3 is 0 Å². The number of likely N-dealkylation sites (N-methyl/N-ethyl adjacent to an activating group) is 1. The molecule has 3 N–H and O–H groups in total. The van der Waals surface area contributed by atoms with Gasteiger partial charge in [-0.2, -0.15) is 0 Å². The van der Waals surface area contributed by atoms with Gasteiger partial charge in [-0.15, -0.1) is 0 Å². The summed E-state index contributed by atoms with van der Waals surface area (Å²) in [6.45, 7) is 4.39. The highest BCUT2D eigenvalue weighted by atomic mass is 16.5. The van der Waals surface area contributed by atoms with Gasteiger partial charge in [-0.1, -0.05) is 44.2 Å². The van der Waals surface area contributed by atoms with Crippen LogP contribution in [0, 0.1) is 5.92 Å². The van der Waals surface area contributed by atoms with Crippen LogP contribution < -0.4 is 15.4 Å². The standard InChI is InChI=1S/C32H39N5O4/c1-20(2)17-26-30(38)33-15-13-21-9-11-23(12-10-21)41-28-14-16-37(29(28)31(39)35-26)32(40)27(36(3)4)18-22-19-34-25-8-6-5-7-24(22)25/h5-13,15,19-20,26-29,34H,14,16-18H2,1-4H3,(H,33,38)(H,35,39)/b15-13-. The van der Waals surface area contributed by atoms with E-state index < -0.39 is 24.2 Å². The molecule has 3 amide bonds. The summed E-state index contributed by atoms with van der Waals surface area (Å²) in [7, 11) is 3.76. The second-order valence-corrected chi connectivity index (χ2v) is 11.6. The highest BCUT2D eigenvalue weighted by Gasteiger charge is 2.46. The van der Waals surface area contributed by atoms with E-state index in [0.717, 1.165) is 22.0 Å². The van der Waals surface area contributed by atoms with E-state index in [4.69, 9.17) is 4.74 Å². The second-order valence-electron chi connectivity index (χ2n) is 11.6. The molecule has 4 unspecified atom stereocenters. The number of benzene rings is 2. The SMILES string of the molecule is CC(C)CC1NC(=O)C2C(CCN2C(=O)C(Cc2c[nH]c3ccccc23)N(C)C)Oc2ccc(cc2)/C=C\NC1=O. The molecule has 0 radical (unpaired) electrons. The Morgan fingerprint density at radius 1 is 1.07 bits per heavy atom. The Balaban J connectivity index is 1.46. The number of amides is 3. The number of nitrogens with zero attached hydrogens (tertiary/aromatic N) is 2. The molecule has 3 aromatic rings. The van der Waals surface area contributed by atoms with E-state index in [1.54, 1.807) is 17.2 Å². The fraction of sp³-hybridized carbons (Fsp3) is 0.406. The van der Waals surface area contributed by atoms with Crippen molar-refractivity contribution in [1.29, 1.82) is 0 Å². The van der Waals surface area contributed by atoms with E-state index in [1.807, 2.05) is 87.6 Å². The molecule has 2 aromatic carbocycles. The maximum absolute atomic E-state index is 14.2. The molecule has 2 bridgehead atoms. The number of carbonyl (C=O) groups excluding carboxylic acids is 3. The number of aromatic nitrogens is 1. The molecule has 216 valence electrons. The summed E-state index contributed by atoms with van der Waals surface area (Å²) in [5.74, 6) is -0.0269. The number of hydrogen-bond acceptors (Lipinski definition) is 5. The van der Waals surface area contributed by atoms with Crippen LogP contribution in [-0.4, -0.2) is 77.4 Å². The zero-order valence-electron chi connectivity index (χ0n) is 24.1. The van der Waals surface area contributed by atoms with E-state index >= 15 is 0 Å². The molecule has 4 atom stereocenters. The lowest BCUT2D eigenvalue weighted by molar-refractivity contribution is -0.144. The lowest BCUT2D eigenvalue weighted by atomic mass is 10.0. The van der Waals surface area contributed by atoms with Gasteiger partial charge in [0, 0.05) is 36.3 Å². The van der Waals surface area contributed by atoms with Crippen LogP contribution in [0.2, 0.25) is 0 Å². The van der Waals surface area contributed by atoms with Crippen molar-refractivity contribution in [2.24, 2.45) is 5.92 Å². The molecule has 1 saturated heterocycles. The minimum atomic E-state index is -0.881. The number of rotatable bonds is 6. The molecule has 9 nitrogen and oxygen atoms in total. The smallest absolute Gasteiger partial charge is 0.247 e. The van der Waals surface area contributed by atoms with Crippen molar-refractivity contribution in [2.75, 3.05) is 20.6 Å². The largest absolute Gasteiger partial charge is 0.488 e. The topological polar surface area (TPSA) is 107 Å². The molecule has 3 aliphatic rings. The molecule has 3 aliphatic heterocycles. The van der Waals surface area contributed by atoms with Gasteiger partial charge in [0.15, 0.2) is 0 Å². The molecule has 6 rings (SSSR count). The Kier molecular flexibility index (Phi) is 8.44. The first kappa shape index (κ1) is 28.4. The van der Waals surface area contributed by atoms with Crippen LogP contribution in [0.5, 0.6) is 5.75 Å².